The van der Waals surface area contributed by atoms with Crippen molar-refractivity contribution in [2.75, 3.05) is 32.0 Å². The van der Waals surface area contributed by atoms with Crippen molar-refractivity contribution in [3.63, 3.8) is 0 Å². The Bertz CT molecular complexity index is 379. The van der Waals surface area contributed by atoms with Crippen LogP contribution in [0.4, 0.5) is 5.69 Å². The number of nitrogens with zero attached hydrogens (tertiary/aromatic N) is 1. The number of unbranched alkanes of at least 4 members (excludes halogenated alkanes) is 1. The second-order valence-electron chi connectivity index (χ2n) is 4.98. The van der Waals surface area contributed by atoms with Gasteiger partial charge < -0.3 is 10.5 Å². The van der Waals surface area contributed by atoms with Gasteiger partial charge in [0.25, 0.3) is 0 Å². The monoisotopic (exact) mass is 248 g/mol. The highest BCUT2D eigenvalue weighted by atomic mass is 16.5. The molecule has 2 rings (SSSR count). The van der Waals surface area contributed by atoms with Crippen LogP contribution in [0.1, 0.15) is 30.9 Å². The summed E-state index contributed by atoms with van der Waals surface area (Å²) in [6.45, 7) is 7.02. The molecule has 3 nitrogen and oxygen atoms in total. The van der Waals surface area contributed by atoms with Crippen LogP contribution in [-0.2, 0) is 17.7 Å². The third-order valence-corrected chi connectivity index (χ3v) is 3.58. The van der Waals surface area contributed by atoms with Gasteiger partial charge in [-0.3, -0.25) is 4.90 Å². The van der Waals surface area contributed by atoms with E-state index in [-0.39, 0.29) is 0 Å². The molecule has 3 heteroatoms. The summed E-state index contributed by atoms with van der Waals surface area (Å²) in [7, 11) is 0. The van der Waals surface area contributed by atoms with E-state index in [1.54, 1.807) is 0 Å². The molecule has 1 heterocycles. The first-order valence-corrected chi connectivity index (χ1v) is 6.97. The largest absolute Gasteiger partial charge is 0.398 e. The van der Waals surface area contributed by atoms with E-state index in [4.69, 9.17) is 10.5 Å². The lowest BCUT2D eigenvalue weighted by Crippen LogP contribution is -2.33. The molecule has 1 aliphatic rings. The number of benzene rings is 1. The fraction of sp³-hybridized carbons (Fsp3) is 0.600. The Kier molecular flexibility index (Phi) is 5.02. The molecule has 0 aliphatic carbocycles. The maximum atomic E-state index is 6.04. The molecule has 0 aromatic heterocycles. The maximum Gasteiger partial charge on any atom is 0.0593 e. The molecule has 100 valence electrons. The molecule has 18 heavy (non-hydrogen) atoms. The van der Waals surface area contributed by atoms with Crippen LogP contribution < -0.4 is 5.73 Å². The van der Waals surface area contributed by atoms with Crippen molar-refractivity contribution in [2.45, 2.75) is 32.7 Å². The van der Waals surface area contributed by atoms with Crippen molar-refractivity contribution in [1.29, 1.82) is 0 Å². The second kappa shape index (κ2) is 6.76. The molecule has 0 unspecified atom stereocenters. The first-order chi connectivity index (χ1) is 8.81. The molecule has 1 aliphatic heterocycles. The van der Waals surface area contributed by atoms with Gasteiger partial charge in [0, 0.05) is 31.9 Å². The van der Waals surface area contributed by atoms with Crippen molar-refractivity contribution in [3.8, 4) is 0 Å². The average molecular weight is 248 g/mol. The summed E-state index contributed by atoms with van der Waals surface area (Å²) >= 11 is 0. The van der Waals surface area contributed by atoms with Gasteiger partial charge in [-0.05, 0) is 30.0 Å². The molecule has 0 bridgehead atoms. The quantitative estimate of drug-likeness (QED) is 0.621. The number of nitrogens with two attached hydrogens (primary N) is 1. The van der Waals surface area contributed by atoms with E-state index in [0.29, 0.717) is 0 Å². The van der Waals surface area contributed by atoms with Gasteiger partial charge in [-0.2, -0.15) is 0 Å². The molecule has 0 fully saturated rings. The molecule has 0 atom stereocenters. The molecule has 0 saturated heterocycles. The van der Waals surface area contributed by atoms with E-state index >= 15 is 0 Å². The van der Waals surface area contributed by atoms with Gasteiger partial charge in [-0.1, -0.05) is 25.5 Å². The van der Waals surface area contributed by atoms with Crippen LogP contribution in [0.15, 0.2) is 18.2 Å². The lowest BCUT2D eigenvalue weighted by Gasteiger charge is -2.29. The van der Waals surface area contributed by atoms with Crippen LogP contribution in [-0.4, -0.2) is 31.2 Å². The summed E-state index contributed by atoms with van der Waals surface area (Å²) in [6.07, 6.45) is 3.47. The minimum atomic E-state index is 0.835. The number of anilines is 1. The molecule has 1 aromatic rings. The average Bonchev–Trinajstić information content (AvgIpc) is 2.39. The standard InChI is InChI=1S/C15H24N2O/c1-2-3-10-18-11-9-17-8-7-13-5-4-6-15(16)14(13)12-17/h4-6H,2-3,7-12,16H2,1H3. The highest BCUT2D eigenvalue weighted by Crippen LogP contribution is 2.23. The van der Waals surface area contributed by atoms with Gasteiger partial charge in [0.15, 0.2) is 0 Å². The fourth-order valence-electron chi connectivity index (χ4n) is 2.40. The highest BCUT2D eigenvalue weighted by molar-refractivity contribution is 5.51. The predicted octanol–water partition coefficient (Wildman–Crippen LogP) is 2.44. The molecule has 0 saturated carbocycles. The second-order valence-corrected chi connectivity index (χ2v) is 4.98. The summed E-state index contributed by atoms with van der Waals surface area (Å²) in [6, 6.07) is 6.25. The number of ether oxygens (including phenoxy) is 1. The zero-order valence-corrected chi connectivity index (χ0v) is 11.3. The Morgan fingerprint density at radius 2 is 2.22 bits per heavy atom. The smallest absolute Gasteiger partial charge is 0.0593 e. The van der Waals surface area contributed by atoms with Gasteiger partial charge in [0.2, 0.25) is 0 Å². The number of hydrogen-bond donors (Lipinski definition) is 1. The number of nitrogen functional groups attached to an aromatic ring is 1. The first-order valence-electron chi connectivity index (χ1n) is 6.97. The molecular formula is C15H24N2O. The van der Waals surface area contributed by atoms with Crippen molar-refractivity contribution in [3.05, 3.63) is 29.3 Å². The fourth-order valence-corrected chi connectivity index (χ4v) is 2.40. The molecule has 0 amide bonds. The SMILES string of the molecule is CCCCOCCN1CCc2cccc(N)c2C1. The highest BCUT2D eigenvalue weighted by Gasteiger charge is 2.17. The van der Waals surface area contributed by atoms with Crippen molar-refractivity contribution >= 4 is 5.69 Å². The third-order valence-electron chi connectivity index (χ3n) is 3.58. The first kappa shape index (κ1) is 13.4. The van der Waals surface area contributed by atoms with Gasteiger partial charge in [-0.25, -0.2) is 0 Å². The van der Waals surface area contributed by atoms with E-state index in [0.717, 1.165) is 51.4 Å². The zero-order chi connectivity index (χ0) is 12.8. The van der Waals surface area contributed by atoms with Gasteiger partial charge in [0.05, 0.1) is 6.61 Å². The Morgan fingerprint density at radius 1 is 1.33 bits per heavy atom. The molecule has 0 radical (unpaired) electrons. The van der Waals surface area contributed by atoms with Crippen molar-refractivity contribution < 1.29 is 4.74 Å². The van der Waals surface area contributed by atoms with Crippen LogP contribution in [0.2, 0.25) is 0 Å². The number of hydrogen-bond acceptors (Lipinski definition) is 3. The normalized spacial score (nSPS) is 15.6. The van der Waals surface area contributed by atoms with Crippen LogP contribution in [0.5, 0.6) is 0 Å². The third kappa shape index (κ3) is 3.47. The minimum Gasteiger partial charge on any atom is -0.398 e. The zero-order valence-electron chi connectivity index (χ0n) is 11.3. The lowest BCUT2D eigenvalue weighted by molar-refractivity contribution is 0.0973. The molecule has 1 aromatic carbocycles. The Balaban J connectivity index is 1.79. The van der Waals surface area contributed by atoms with Crippen LogP contribution in [0.3, 0.4) is 0 Å². The van der Waals surface area contributed by atoms with E-state index in [1.165, 1.54) is 17.5 Å². The summed E-state index contributed by atoms with van der Waals surface area (Å²) in [5, 5.41) is 0. The molecule has 2 N–H and O–H groups in total. The summed E-state index contributed by atoms with van der Waals surface area (Å²) in [4.78, 5) is 2.44. The Morgan fingerprint density at radius 3 is 3.06 bits per heavy atom. The van der Waals surface area contributed by atoms with E-state index < -0.39 is 0 Å². The summed E-state index contributed by atoms with van der Waals surface area (Å²) in [5.41, 5.74) is 9.71. The van der Waals surface area contributed by atoms with E-state index in [9.17, 15) is 0 Å². The lowest BCUT2D eigenvalue weighted by atomic mass is 9.98. The maximum absolute atomic E-state index is 6.04. The Labute approximate surface area is 110 Å². The van der Waals surface area contributed by atoms with E-state index in [1.807, 2.05) is 6.07 Å². The van der Waals surface area contributed by atoms with Crippen molar-refractivity contribution in [1.82, 2.24) is 4.90 Å². The van der Waals surface area contributed by atoms with Crippen LogP contribution in [0.25, 0.3) is 0 Å². The van der Waals surface area contributed by atoms with Gasteiger partial charge >= 0.3 is 0 Å². The van der Waals surface area contributed by atoms with Gasteiger partial charge in [0.1, 0.15) is 0 Å². The number of rotatable bonds is 6. The summed E-state index contributed by atoms with van der Waals surface area (Å²) < 4.78 is 5.62. The predicted molar refractivity (Wildman–Crippen MR) is 75.6 cm³/mol. The van der Waals surface area contributed by atoms with Crippen molar-refractivity contribution in [2.24, 2.45) is 0 Å². The minimum absolute atomic E-state index is 0.835. The Hall–Kier alpha value is -1.06. The van der Waals surface area contributed by atoms with Crippen LogP contribution >= 0.6 is 0 Å². The number of fused-ring (bicyclic) bond motifs is 1. The molecular weight excluding hydrogens is 224 g/mol. The van der Waals surface area contributed by atoms with Gasteiger partial charge in [-0.15, -0.1) is 0 Å². The van der Waals surface area contributed by atoms with E-state index in [2.05, 4.69) is 24.0 Å². The summed E-state index contributed by atoms with van der Waals surface area (Å²) in [5.74, 6) is 0. The molecule has 0 spiro atoms. The topological polar surface area (TPSA) is 38.5 Å². The van der Waals surface area contributed by atoms with Crippen LogP contribution in [0, 0.1) is 0 Å².